The van der Waals surface area contributed by atoms with Crippen LogP contribution < -0.4 is 5.32 Å². The summed E-state index contributed by atoms with van der Waals surface area (Å²) in [6.45, 7) is 5.17. The molecule has 3 rings (SSSR count). The summed E-state index contributed by atoms with van der Waals surface area (Å²) in [4.78, 5) is 4.44. The van der Waals surface area contributed by atoms with Gasteiger partial charge in [0.15, 0.2) is 5.65 Å². The number of hydrogen-bond acceptors (Lipinski definition) is 3. The van der Waals surface area contributed by atoms with E-state index in [0.29, 0.717) is 6.04 Å². The minimum absolute atomic E-state index is 0.595. The average molecular weight is 258 g/mol. The van der Waals surface area contributed by atoms with E-state index in [1.807, 2.05) is 23.7 Å². The Hall–Kier alpha value is -1.42. The van der Waals surface area contributed by atoms with E-state index in [4.69, 9.17) is 0 Å². The fourth-order valence-electron chi connectivity index (χ4n) is 3.03. The number of nitrogens with zero attached hydrogens (tertiary/aromatic N) is 3. The number of hydrogen-bond donors (Lipinski definition) is 1. The van der Waals surface area contributed by atoms with Crippen LogP contribution in [0.25, 0.3) is 5.65 Å². The molecule has 0 saturated heterocycles. The van der Waals surface area contributed by atoms with Crippen molar-refractivity contribution in [1.29, 1.82) is 0 Å². The number of nitrogens with one attached hydrogen (secondary N) is 1. The Bertz CT molecular complexity index is 554. The molecule has 102 valence electrons. The molecular weight excluding hydrogens is 236 g/mol. The molecule has 4 nitrogen and oxygen atoms in total. The fourth-order valence-corrected chi connectivity index (χ4v) is 3.03. The summed E-state index contributed by atoms with van der Waals surface area (Å²) in [7, 11) is 0. The van der Waals surface area contributed by atoms with Gasteiger partial charge in [-0.1, -0.05) is 12.8 Å². The Morgan fingerprint density at radius 3 is 3.00 bits per heavy atom. The van der Waals surface area contributed by atoms with Gasteiger partial charge < -0.3 is 5.32 Å². The molecule has 0 spiro atoms. The molecule has 0 amide bonds. The van der Waals surface area contributed by atoms with Gasteiger partial charge in [0.2, 0.25) is 0 Å². The predicted molar refractivity (Wildman–Crippen MR) is 76.0 cm³/mol. The van der Waals surface area contributed by atoms with Crippen LogP contribution in [-0.2, 0) is 6.54 Å². The molecule has 19 heavy (non-hydrogen) atoms. The van der Waals surface area contributed by atoms with Crippen LogP contribution >= 0.6 is 0 Å². The quantitative estimate of drug-likeness (QED) is 0.917. The van der Waals surface area contributed by atoms with E-state index in [9.17, 15) is 0 Å². The molecule has 1 atom stereocenters. The van der Waals surface area contributed by atoms with E-state index in [0.717, 1.165) is 23.8 Å². The summed E-state index contributed by atoms with van der Waals surface area (Å²) in [5.41, 5.74) is 3.13. The summed E-state index contributed by atoms with van der Waals surface area (Å²) in [6, 6.07) is 2.59. The second-order valence-electron chi connectivity index (χ2n) is 5.76. The van der Waals surface area contributed by atoms with E-state index in [1.54, 1.807) is 0 Å². The van der Waals surface area contributed by atoms with Crippen molar-refractivity contribution < 1.29 is 0 Å². The van der Waals surface area contributed by atoms with Crippen molar-refractivity contribution in [3.8, 4) is 0 Å². The average Bonchev–Trinajstić information content (AvgIpc) is 3.03. The first-order valence-electron chi connectivity index (χ1n) is 7.26. The fraction of sp³-hybridized carbons (Fsp3) is 0.600. The topological polar surface area (TPSA) is 42.2 Å². The Morgan fingerprint density at radius 2 is 2.21 bits per heavy atom. The smallest absolute Gasteiger partial charge is 0.155 e. The highest BCUT2D eigenvalue weighted by molar-refractivity contribution is 5.38. The highest BCUT2D eigenvalue weighted by Gasteiger charge is 2.20. The molecule has 0 radical (unpaired) electrons. The van der Waals surface area contributed by atoms with Gasteiger partial charge in [0, 0.05) is 36.6 Å². The van der Waals surface area contributed by atoms with Crippen LogP contribution in [-0.4, -0.2) is 20.6 Å². The predicted octanol–water partition coefficient (Wildman–Crippen LogP) is 2.71. The second-order valence-corrected chi connectivity index (χ2v) is 5.76. The maximum Gasteiger partial charge on any atom is 0.155 e. The van der Waals surface area contributed by atoms with Gasteiger partial charge in [0.05, 0.1) is 5.69 Å². The van der Waals surface area contributed by atoms with Gasteiger partial charge in [-0.2, -0.15) is 5.10 Å². The largest absolute Gasteiger partial charge is 0.310 e. The van der Waals surface area contributed by atoms with Crippen LogP contribution in [0.5, 0.6) is 0 Å². The number of aromatic nitrogens is 3. The van der Waals surface area contributed by atoms with Crippen LogP contribution in [0.15, 0.2) is 18.5 Å². The summed E-state index contributed by atoms with van der Waals surface area (Å²) >= 11 is 0. The zero-order valence-electron chi connectivity index (χ0n) is 11.8. The molecule has 2 heterocycles. The van der Waals surface area contributed by atoms with Crippen molar-refractivity contribution in [3.63, 3.8) is 0 Å². The van der Waals surface area contributed by atoms with Crippen LogP contribution in [0, 0.1) is 12.8 Å². The zero-order valence-corrected chi connectivity index (χ0v) is 11.8. The lowest BCUT2D eigenvalue weighted by Crippen LogP contribution is -2.31. The summed E-state index contributed by atoms with van der Waals surface area (Å²) in [6.07, 6.45) is 9.58. The first-order chi connectivity index (χ1) is 9.22. The molecule has 0 aromatic carbocycles. The van der Waals surface area contributed by atoms with Gasteiger partial charge in [0.25, 0.3) is 0 Å². The van der Waals surface area contributed by atoms with Gasteiger partial charge >= 0.3 is 0 Å². The Balaban J connectivity index is 1.64. The van der Waals surface area contributed by atoms with Crippen LogP contribution in [0.2, 0.25) is 0 Å². The highest BCUT2D eigenvalue weighted by atomic mass is 15.2. The van der Waals surface area contributed by atoms with Gasteiger partial charge in [-0.05, 0) is 32.6 Å². The minimum Gasteiger partial charge on any atom is -0.310 e. The van der Waals surface area contributed by atoms with E-state index in [1.165, 1.54) is 31.2 Å². The van der Waals surface area contributed by atoms with Gasteiger partial charge in [-0.15, -0.1) is 0 Å². The van der Waals surface area contributed by atoms with Gasteiger partial charge in [0.1, 0.15) is 0 Å². The molecular formula is C15H22N4. The van der Waals surface area contributed by atoms with E-state index < -0.39 is 0 Å². The Kier molecular flexibility index (Phi) is 3.51. The van der Waals surface area contributed by atoms with E-state index in [2.05, 4.69) is 28.5 Å². The lowest BCUT2D eigenvalue weighted by molar-refractivity contribution is 0.380. The molecule has 1 aliphatic rings. The van der Waals surface area contributed by atoms with Gasteiger partial charge in [-0.3, -0.25) is 0 Å². The monoisotopic (exact) mass is 258 g/mol. The van der Waals surface area contributed by atoms with Crippen LogP contribution in [0.4, 0.5) is 0 Å². The molecule has 1 N–H and O–H groups in total. The lowest BCUT2D eigenvalue weighted by Gasteiger charge is -2.20. The van der Waals surface area contributed by atoms with Crippen molar-refractivity contribution in [2.45, 2.75) is 52.1 Å². The van der Waals surface area contributed by atoms with Crippen molar-refractivity contribution in [2.75, 3.05) is 0 Å². The van der Waals surface area contributed by atoms with Crippen molar-refractivity contribution in [1.82, 2.24) is 19.9 Å². The molecule has 4 heteroatoms. The molecule has 2 aromatic heterocycles. The normalized spacial score (nSPS) is 18.2. The first-order valence-corrected chi connectivity index (χ1v) is 7.26. The summed E-state index contributed by atoms with van der Waals surface area (Å²) in [5.74, 6) is 0.851. The molecule has 1 aliphatic carbocycles. The third kappa shape index (κ3) is 2.78. The zero-order chi connectivity index (χ0) is 13.2. The molecule has 2 aromatic rings. The second kappa shape index (κ2) is 5.29. The third-order valence-electron chi connectivity index (χ3n) is 4.22. The maximum atomic E-state index is 4.44. The standard InChI is InChI=1S/C15H22N4/c1-11-7-15-17-9-13(10-19(15)18-11)8-16-12(2)14-5-3-4-6-14/h7,9-10,12,14,16H,3-6,8H2,1-2H3/t12-/m1/s1. The molecule has 0 bridgehead atoms. The van der Waals surface area contributed by atoms with Crippen molar-refractivity contribution >= 4 is 5.65 Å². The highest BCUT2D eigenvalue weighted by Crippen LogP contribution is 2.27. The van der Waals surface area contributed by atoms with E-state index >= 15 is 0 Å². The Labute approximate surface area is 114 Å². The number of aryl methyl sites for hydroxylation is 1. The number of fused-ring (bicyclic) bond motifs is 1. The minimum atomic E-state index is 0.595. The molecule has 1 saturated carbocycles. The van der Waals surface area contributed by atoms with Gasteiger partial charge in [-0.25, -0.2) is 9.50 Å². The third-order valence-corrected chi connectivity index (χ3v) is 4.22. The summed E-state index contributed by atoms with van der Waals surface area (Å²) < 4.78 is 1.87. The molecule has 0 aliphatic heterocycles. The molecule has 1 fully saturated rings. The lowest BCUT2D eigenvalue weighted by atomic mass is 10.00. The SMILES string of the molecule is Cc1cc2ncc(CN[C@H](C)C3CCCC3)cn2n1. The van der Waals surface area contributed by atoms with Crippen LogP contribution in [0.1, 0.15) is 43.9 Å². The van der Waals surface area contributed by atoms with E-state index in [-0.39, 0.29) is 0 Å². The van der Waals surface area contributed by atoms with Crippen molar-refractivity contribution in [2.24, 2.45) is 5.92 Å². The summed E-state index contributed by atoms with van der Waals surface area (Å²) in [5, 5.41) is 8.04. The molecule has 0 unspecified atom stereocenters. The Morgan fingerprint density at radius 1 is 1.42 bits per heavy atom. The number of rotatable bonds is 4. The van der Waals surface area contributed by atoms with Crippen LogP contribution in [0.3, 0.4) is 0 Å². The van der Waals surface area contributed by atoms with Crippen molar-refractivity contribution in [3.05, 3.63) is 29.7 Å². The maximum absolute atomic E-state index is 4.44. The first kappa shape index (κ1) is 12.6.